The summed E-state index contributed by atoms with van der Waals surface area (Å²) < 4.78 is 0. The Morgan fingerprint density at radius 3 is 2.04 bits per heavy atom. The van der Waals surface area contributed by atoms with E-state index in [0.29, 0.717) is 5.92 Å². The second-order valence-electron chi connectivity index (χ2n) is 7.03. The molecule has 2 aromatic rings. The molecule has 0 amide bonds. The fourth-order valence-corrected chi connectivity index (χ4v) is 3.53. The lowest BCUT2D eigenvalue weighted by Crippen LogP contribution is -2.32. The molecule has 1 N–H and O–H groups in total. The van der Waals surface area contributed by atoms with E-state index >= 15 is 0 Å². The monoisotopic (exact) mass is 309 g/mol. The Labute approximate surface area is 139 Å². The first-order chi connectivity index (χ1) is 11.1. The Kier molecular flexibility index (Phi) is 5.14. The van der Waals surface area contributed by atoms with Gasteiger partial charge in [0.15, 0.2) is 0 Å². The van der Waals surface area contributed by atoms with Gasteiger partial charge in [-0.2, -0.15) is 0 Å². The third-order valence-electron chi connectivity index (χ3n) is 5.00. The molecule has 0 aliphatic carbocycles. The molecule has 2 nitrogen and oxygen atoms in total. The summed E-state index contributed by atoms with van der Waals surface area (Å²) in [4.78, 5) is 2.52. The van der Waals surface area contributed by atoms with Crippen molar-refractivity contribution in [2.24, 2.45) is 0 Å². The Bertz CT molecular complexity index is 554. The first kappa shape index (κ1) is 16.2. The molecular formula is C21H27NO. The number of hydrogen-bond acceptors (Lipinski definition) is 2. The van der Waals surface area contributed by atoms with Crippen LogP contribution in [0.15, 0.2) is 60.7 Å². The number of benzene rings is 2. The van der Waals surface area contributed by atoms with E-state index in [2.05, 4.69) is 65.6 Å². The minimum Gasteiger partial charge on any atom is -0.390 e. The molecule has 1 saturated heterocycles. The fourth-order valence-electron chi connectivity index (χ4n) is 3.53. The molecule has 2 heteroatoms. The van der Waals surface area contributed by atoms with Crippen LogP contribution < -0.4 is 0 Å². The molecule has 122 valence electrons. The number of nitrogens with zero attached hydrogens (tertiary/aromatic N) is 1. The molecule has 0 bridgehead atoms. The molecule has 1 heterocycles. The van der Waals surface area contributed by atoms with E-state index < -0.39 is 5.60 Å². The highest BCUT2D eigenvalue weighted by atomic mass is 16.3. The van der Waals surface area contributed by atoms with Crippen molar-refractivity contribution < 1.29 is 5.11 Å². The number of rotatable bonds is 4. The van der Waals surface area contributed by atoms with Gasteiger partial charge >= 0.3 is 0 Å². The van der Waals surface area contributed by atoms with Crippen molar-refractivity contribution in [3.05, 3.63) is 71.8 Å². The summed E-state index contributed by atoms with van der Waals surface area (Å²) in [6.45, 7) is 5.04. The maximum Gasteiger partial charge on any atom is 0.0632 e. The first-order valence-corrected chi connectivity index (χ1v) is 8.69. The summed E-state index contributed by atoms with van der Waals surface area (Å²) in [6, 6.07) is 21.6. The zero-order valence-corrected chi connectivity index (χ0v) is 14.0. The van der Waals surface area contributed by atoms with Crippen LogP contribution in [-0.2, 0) is 0 Å². The first-order valence-electron chi connectivity index (χ1n) is 8.69. The van der Waals surface area contributed by atoms with Gasteiger partial charge in [0.1, 0.15) is 0 Å². The van der Waals surface area contributed by atoms with Crippen molar-refractivity contribution in [3.8, 4) is 0 Å². The van der Waals surface area contributed by atoms with Gasteiger partial charge in [0, 0.05) is 19.0 Å². The van der Waals surface area contributed by atoms with Crippen molar-refractivity contribution in [2.75, 3.05) is 19.6 Å². The molecular weight excluding hydrogens is 282 g/mol. The second kappa shape index (κ2) is 7.29. The topological polar surface area (TPSA) is 23.5 Å². The molecule has 0 spiro atoms. The maximum absolute atomic E-state index is 10.3. The Balaban J connectivity index is 1.79. The van der Waals surface area contributed by atoms with E-state index in [9.17, 15) is 5.11 Å². The SMILES string of the molecule is C[C@@]1(O)CCCN(CC(c2ccccc2)c2ccccc2)CC1. The smallest absolute Gasteiger partial charge is 0.0632 e. The lowest BCUT2D eigenvalue weighted by Gasteiger charge is -2.27. The average molecular weight is 309 g/mol. The van der Waals surface area contributed by atoms with Crippen LogP contribution in [0.25, 0.3) is 0 Å². The van der Waals surface area contributed by atoms with Crippen LogP contribution in [0.1, 0.15) is 43.2 Å². The predicted molar refractivity (Wildman–Crippen MR) is 95.6 cm³/mol. The molecule has 0 unspecified atom stereocenters. The summed E-state index contributed by atoms with van der Waals surface area (Å²) in [6.07, 6.45) is 2.84. The van der Waals surface area contributed by atoms with Gasteiger partial charge in [0.05, 0.1) is 5.60 Å². The van der Waals surface area contributed by atoms with Gasteiger partial charge in [-0.25, -0.2) is 0 Å². The molecule has 1 aliphatic heterocycles. The van der Waals surface area contributed by atoms with Gasteiger partial charge in [-0.1, -0.05) is 60.7 Å². The molecule has 23 heavy (non-hydrogen) atoms. The molecule has 0 saturated carbocycles. The Morgan fingerprint density at radius 2 is 1.48 bits per heavy atom. The maximum atomic E-state index is 10.3. The molecule has 2 aromatic carbocycles. The second-order valence-corrected chi connectivity index (χ2v) is 7.03. The van der Waals surface area contributed by atoms with E-state index in [-0.39, 0.29) is 0 Å². The summed E-state index contributed by atoms with van der Waals surface area (Å²) in [5.41, 5.74) is 2.24. The minimum absolute atomic E-state index is 0.389. The van der Waals surface area contributed by atoms with Crippen LogP contribution in [0.3, 0.4) is 0 Å². The molecule has 0 aromatic heterocycles. The lowest BCUT2D eigenvalue weighted by molar-refractivity contribution is 0.0446. The van der Waals surface area contributed by atoms with Crippen LogP contribution in [0.4, 0.5) is 0 Å². The quantitative estimate of drug-likeness (QED) is 0.921. The largest absolute Gasteiger partial charge is 0.390 e. The van der Waals surface area contributed by atoms with E-state index in [1.807, 2.05) is 6.92 Å². The van der Waals surface area contributed by atoms with Crippen LogP contribution in [0.2, 0.25) is 0 Å². The van der Waals surface area contributed by atoms with Crippen LogP contribution in [-0.4, -0.2) is 35.2 Å². The van der Waals surface area contributed by atoms with Gasteiger partial charge in [-0.05, 0) is 43.9 Å². The number of aliphatic hydroxyl groups is 1. The molecule has 3 rings (SSSR count). The van der Waals surface area contributed by atoms with Gasteiger partial charge < -0.3 is 10.0 Å². The van der Waals surface area contributed by atoms with Crippen LogP contribution >= 0.6 is 0 Å². The van der Waals surface area contributed by atoms with Gasteiger partial charge in [-0.3, -0.25) is 0 Å². The zero-order valence-electron chi connectivity index (χ0n) is 14.0. The van der Waals surface area contributed by atoms with Crippen molar-refractivity contribution in [1.82, 2.24) is 4.90 Å². The Hall–Kier alpha value is -1.64. The minimum atomic E-state index is -0.496. The predicted octanol–water partition coefficient (Wildman–Crippen LogP) is 4.06. The normalized spacial score (nSPS) is 22.9. The number of likely N-dealkylation sites (tertiary alicyclic amines) is 1. The summed E-state index contributed by atoms with van der Waals surface area (Å²) in [5.74, 6) is 0.389. The zero-order chi connectivity index (χ0) is 16.1. The van der Waals surface area contributed by atoms with E-state index in [4.69, 9.17) is 0 Å². The Morgan fingerprint density at radius 1 is 0.913 bits per heavy atom. The van der Waals surface area contributed by atoms with Crippen molar-refractivity contribution in [1.29, 1.82) is 0 Å². The molecule has 1 atom stereocenters. The van der Waals surface area contributed by atoms with E-state index in [1.54, 1.807) is 0 Å². The van der Waals surface area contributed by atoms with Gasteiger partial charge in [-0.15, -0.1) is 0 Å². The average Bonchev–Trinajstić information content (AvgIpc) is 2.75. The van der Waals surface area contributed by atoms with Crippen LogP contribution in [0.5, 0.6) is 0 Å². The van der Waals surface area contributed by atoms with Gasteiger partial charge in [0.2, 0.25) is 0 Å². The van der Waals surface area contributed by atoms with E-state index in [1.165, 1.54) is 11.1 Å². The standard InChI is InChI=1S/C21H27NO/c1-21(23)13-8-15-22(16-14-21)17-20(18-9-4-2-5-10-18)19-11-6-3-7-12-19/h2-7,9-12,20,23H,8,13-17H2,1H3/t21-/m1/s1. The third-order valence-corrected chi connectivity index (χ3v) is 5.00. The summed E-state index contributed by atoms with van der Waals surface area (Å²) in [5, 5.41) is 10.3. The van der Waals surface area contributed by atoms with E-state index in [0.717, 1.165) is 38.9 Å². The molecule has 0 radical (unpaired) electrons. The fraction of sp³-hybridized carbons (Fsp3) is 0.429. The molecule has 1 aliphatic rings. The summed E-state index contributed by atoms with van der Waals surface area (Å²) in [7, 11) is 0. The van der Waals surface area contributed by atoms with Crippen LogP contribution in [0, 0.1) is 0 Å². The van der Waals surface area contributed by atoms with Gasteiger partial charge in [0.25, 0.3) is 0 Å². The highest BCUT2D eigenvalue weighted by Crippen LogP contribution is 2.28. The van der Waals surface area contributed by atoms with Crippen molar-refractivity contribution >= 4 is 0 Å². The van der Waals surface area contributed by atoms with Crippen molar-refractivity contribution in [3.63, 3.8) is 0 Å². The van der Waals surface area contributed by atoms with Crippen molar-refractivity contribution in [2.45, 2.75) is 37.7 Å². The lowest BCUT2D eigenvalue weighted by atomic mass is 9.90. The number of hydrogen-bond donors (Lipinski definition) is 1. The highest BCUT2D eigenvalue weighted by molar-refractivity contribution is 5.32. The third kappa shape index (κ3) is 4.43. The molecule has 1 fully saturated rings. The highest BCUT2D eigenvalue weighted by Gasteiger charge is 2.26. The summed E-state index contributed by atoms with van der Waals surface area (Å²) >= 11 is 0.